The first-order valence-corrected chi connectivity index (χ1v) is 12.6. The average molecular weight is 467 g/mol. The van der Waals surface area contributed by atoms with Crippen molar-refractivity contribution in [2.45, 2.75) is 52.9 Å². The van der Waals surface area contributed by atoms with Gasteiger partial charge in [-0.05, 0) is 68.3 Å². The van der Waals surface area contributed by atoms with Gasteiger partial charge in [0.2, 0.25) is 17.1 Å². The third-order valence-electron chi connectivity index (χ3n) is 6.67. The monoisotopic (exact) mass is 466 g/mol. The molecule has 4 aromatic rings. The third kappa shape index (κ3) is 5.71. The van der Waals surface area contributed by atoms with Gasteiger partial charge in [-0.3, -0.25) is 4.79 Å². The summed E-state index contributed by atoms with van der Waals surface area (Å²) in [6.07, 6.45) is 9.38. The van der Waals surface area contributed by atoms with Crippen molar-refractivity contribution in [2.24, 2.45) is 7.05 Å². The summed E-state index contributed by atoms with van der Waals surface area (Å²) in [5, 5.41) is 4.16. The highest BCUT2D eigenvalue weighted by molar-refractivity contribution is 5.93. The summed E-state index contributed by atoms with van der Waals surface area (Å²) < 4.78 is 4.48. The summed E-state index contributed by atoms with van der Waals surface area (Å²) in [6.45, 7) is 6.50. The molecule has 0 fully saturated rings. The molecule has 180 valence electrons. The smallest absolute Gasteiger partial charge is 0.224 e. The van der Waals surface area contributed by atoms with Crippen LogP contribution in [0, 0.1) is 13.8 Å². The van der Waals surface area contributed by atoms with Crippen molar-refractivity contribution in [3.05, 3.63) is 89.4 Å². The Morgan fingerprint density at radius 2 is 1.74 bits per heavy atom. The van der Waals surface area contributed by atoms with Gasteiger partial charge in [-0.25, -0.2) is 0 Å². The molecular weight excluding hydrogens is 430 g/mol. The highest BCUT2D eigenvalue weighted by Crippen LogP contribution is 2.23. The van der Waals surface area contributed by atoms with Crippen LogP contribution >= 0.6 is 0 Å². The Labute approximate surface area is 208 Å². The predicted molar refractivity (Wildman–Crippen MR) is 147 cm³/mol. The van der Waals surface area contributed by atoms with Gasteiger partial charge in [0.15, 0.2) is 0 Å². The van der Waals surface area contributed by atoms with Gasteiger partial charge in [0.25, 0.3) is 0 Å². The maximum atomic E-state index is 12.3. The van der Waals surface area contributed by atoms with E-state index in [2.05, 4.69) is 109 Å². The van der Waals surface area contributed by atoms with E-state index in [4.69, 9.17) is 0 Å². The van der Waals surface area contributed by atoms with E-state index in [1.54, 1.807) is 0 Å². The van der Waals surface area contributed by atoms with Crippen LogP contribution in [-0.4, -0.2) is 10.5 Å². The van der Waals surface area contributed by atoms with E-state index >= 15 is 0 Å². The van der Waals surface area contributed by atoms with Crippen LogP contribution in [-0.2, 0) is 11.8 Å². The van der Waals surface area contributed by atoms with Gasteiger partial charge in [-0.15, -0.1) is 0 Å². The molecule has 2 heterocycles. The Morgan fingerprint density at radius 3 is 2.51 bits per heavy atom. The van der Waals surface area contributed by atoms with Crippen molar-refractivity contribution in [3.63, 3.8) is 0 Å². The van der Waals surface area contributed by atoms with Crippen LogP contribution in [0.15, 0.2) is 66.7 Å². The number of amides is 1. The first-order chi connectivity index (χ1) is 17.0. The van der Waals surface area contributed by atoms with E-state index in [9.17, 15) is 4.79 Å². The van der Waals surface area contributed by atoms with Crippen LogP contribution in [0.3, 0.4) is 0 Å². The fourth-order valence-electron chi connectivity index (χ4n) is 4.71. The molecule has 35 heavy (non-hydrogen) atoms. The molecule has 0 saturated heterocycles. The van der Waals surface area contributed by atoms with Crippen LogP contribution in [0.1, 0.15) is 61.7 Å². The fourth-order valence-corrected chi connectivity index (χ4v) is 4.71. The molecule has 0 radical (unpaired) electrons. The summed E-state index contributed by atoms with van der Waals surface area (Å²) in [7, 11) is 2.08. The highest BCUT2D eigenvalue weighted by atomic mass is 16.1. The predicted octanol–water partition coefficient (Wildman–Crippen LogP) is 7.15. The first-order valence-electron chi connectivity index (χ1n) is 12.6. The number of pyridine rings is 1. The highest BCUT2D eigenvalue weighted by Gasteiger charge is 2.13. The number of carbonyl (C=O) groups is 1. The lowest BCUT2D eigenvalue weighted by Crippen LogP contribution is -2.32. The maximum Gasteiger partial charge on any atom is 0.224 e. The maximum absolute atomic E-state index is 12.3. The number of aromatic nitrogens is 2. The lowest BCUT2D eigenvalue weighted by Gasteiger charge is -2.09. The van der Waals surface area contributed by atoms with Gasteiger partial charge in [0.1, 0.15) is 7.05 Å². The summed E-state index contributed by atoms with van der Waals surface area (Å²) >= 11 is 0. The molecular formula is C31H36N3O+. The number of hydrogen-bond acceptors (Lipinski definition) is 1. The Bertz CT molecular complexity index is 1350. The molecule has 2 aromatic carbocycles. The fraction of sp³-hybridized carbons (Fsp3) is 0.290. The second kappa shape index (κ2) is 11.2. The van der Waals surface area contributed by atoms with E-state index in [1.807, 2.05) is 12.1 Å². The molecule has 0 aliphatic carbocycles. The first kappa shape index (κ1) is 24.5. The Balaban J connectivity index is 1.52. The summed E-state index contributed by atoms with van der Waals surface area (Å²) in [5.41, 5.74) is 7.94. The average Bonchev–Trinajstić information content (AvgIpc) is 3.14. The van der Waals surface area contributed by atoms with Gasteiger partial charge >= 0.3 is 0 Å². The number of nitrogens with zero attached hydrogens (tertiary/aromatic N) is 2. The van der Waals surface area contributed by atoms with Crippen molar-refractivity contribution in [3.8, 4) is 5.69 Å². The molecule has 0 unspecified atom stereocenters. The van der Waals surface area contributed by atoms with Crippen LogP contribution in [0.4, 0.5) is 5.69 Å². The lowest BCUT2D eigenvalue weighted by atomic mass is 10.1. The number of nitrogens with one attached hydrogen (secondary N) is 1. The van der Waals surface area contributed by atoms with Crippen molar-refractivity contribution >= 4 is 34.6 Å². The topological polar surface area (TPSA) is 37.9 Å². The molecule has 2 aromatic heterocycles. The van der Waals surface area contributed by atoms with Crippen LogP contribution < -0.4 is 9.88 Å². The molecule has 4 rings (SSSR count). The van der Waals surface area contributed by atoms with Gasteiger partial charge in [-0.2, -0.15) is 4.57 Å². The molecule has 1 N–H and O–H groups in total. The van der Waals surface area contributed by atoms with Crippen molar-refractivity contribution in [2.75, 3.05) is 5.32 Å². The number of anilines is 1. The van der Waals surface area contributed by atoms with Gasteiger partial charge < -0.3 is 9.88 Å². The minimum atomic E-state index is 0.0949. The zero-order valence-electron chi connectivity index (χ0n) is 21.3. The summed E-state index contributed by atoms with van der Waals surface area (Å²) in [4.78, 5) is 12.3. The Morgan fingerprint density at radius 1 is 0.943 bits per heavy atom. The molecule has 0 aliphatic rings. The molecule has 0 saturated carbocycles. The van der Waals surface area contributed by atoms with Crippen LogP contribution in [0.5, 0.6) is 0 Å². The minimum Gasteiger partial charge on any atom is -0.326 e. The third-order valence-corrected chi connectivity index (χ3v) is 6.67. The quantitative estimate of drug-likeness (QED) is 0.206. The number of aryl methyl sites for hydroxylation is 2. The number of unbranched alkanes of at least 4 members (excludes halogenated alkanes) is 3. The van der Waals surface area contributed by atoms with E-state index in [-0.39, 0.29) is 5.91 Å². The number of fused-ring (bicyclic) bond motifs is 1. The van der Waals surface area contributed by atoms with Crippen molar-refractivity contribution < 1.29 is 9.36 Å². The van der Waals surface area contributed by atoms with Crippen LogP contribution in [0.25, 0.3) is 28.7 Å². The zero-order valence-corrected chi connectivity index (χ0v) is 21.3. The number of hydrogen-bond donors (Lipinski definition) is 1. The van der Waals surface area contributed by atoms with Crippen molar-refractivity contribution in [1.82, 2.24) is 4.57 Å². The van der Waals surface area contributed by atoms with Gasteiger partial charge in [-0.1, -0.05) is 44.4 Å². The summed E-state index contributed by atoms with van der Waals surface area (Å²) in [5.74, 6) is 0.0949. The second-order valence-electron chi connectivity index (χ2n) is 9.28. The second-order valence-corrected chi connectivity index (χ2v) is 9.28. The standard InChI is InChI=1S/C31H35N3O/c1-5-6-7-11-14-31(35)32-27-17-20-30-26(22-27)16-19-28(33(30)4)18-15-25-21-23(2)34(24(25)3)29-12-9-8-10-13-29/h8-10,12-13,15-22H,5-7,11,14H2,1-4H3/p+1. The zero-order chi connectivity index (χ0) is 24.8. The molecule has 0 atom stereocenters. The van der Waals surface area contributed by atoms with E-state index in [0.717, 1.165) is 35.1 Å². The summed E-state index contributed by atoms with van der Waals surface area (Å²) in [6, 6.07) is 23.1. The number of para-hydroxylation sites is 1. The van der Waals surface area contributed by atoms with Gasteiger partial charge in [0, 0.05) is 52.8 Å². The molecule has 0 bridgehead atoms. The van der Waals surface area contributed by atoms with E-state index in [1.165, 1.54) is 35.5 Å². The molecule has 0 aliphatic heterocycles. The van der Waals surface area contributed by atoms with Gasteiger partial charge in [0.05, 0.1) is 0 Å². The molecule has 4 nitrogen and oxygen atoms in total. The van der Waals surface area contributed by atoms with E-state index < -0.39 is 0 Å². The molecule has 4 heteroatoms. The minimum absolute atomic E-state index is 0.0949. The largest absolute Gasteiger partial charge is 0.326 e. The number of rotatable bonds is 9. The molecule has 0 spiro atoms. The van der Waals surface area contributed by atoms with Crippen molar-refractivity contribution in [1.29, 1.82) is 0 Å². The lowest BCUT2D eigenvalue weighted by molar-refractivity contribution is -0.646. The SMILES string of the molecule is CCCCCCC(=O)Nc1ccc2c(ccc(/C=C/c3cc(C)n(-c4ccccc4)c3C)[n+]2C)c1. The Hall–Kier alpha value is -3.66. The normalized spacial score (nSPS) is 11.4. The van der Waals surface area contributed by atoms with Crippen LogP contribution in [0.2, 0.25) is 0 Å². The molecule has 1 amide bonds. The van der Waals surface area contributed by atoms with E-state index in [0.29, 0.717) is 6.42 Å². The Kier molecular flexibility index (Phi) is 7.81. The number of benzene rings is 2. The number of carbonyl (C=O) groups excluding carboxylic acids is 1.